The number of hydrogen-bond donors (Lipinski definition) is 1. The van der Waals surface area contributed by atoms with Crippen molar-refractivity contribution >= 4 is 22.6 Å². The minimum absolute atomic E-state index is 0.0657. The van der Waals surface area contributed by atoms with Gasteiger partial charge in [-0.15, -0.1) is 0 Å². The summed E-state index contributed by atoms with van der Waals surface area (Å²) >= 11 is 0. The lowest BCUT2D eigenvalue weighted by molar-refractivity contribution is -0.118. The summed E-state index contributed by atoms with van der Waals surface area (Å²) in [5.74, 6) is 0.431. The van der Waals surface area contributed by atoms with E-state index >= 15 is 0 Å². The van der Waals surface area contributed by atoms with Gasteiger partial charge >= 0.3 is 0 Å². The van der Waals surface area contributed by atoms with Crippen LogP contribution >= 0.6 is 0 Å². The number of aliphatic hydroxyl groups is 1. The molecule has 0 bridgehead atoms. The highest BCUT2D eigenvalue weighted by Gasteiger charge is 2.16. The number of hydrogen-bond acceptors (Lipinski definition) is 3. The Morgan fingerprint density at radius 1 is 1.14 bits per heavy atom. The zero-order valence-electron chi connectivity index (χ0n) is 12.3. The van der Waals surface area contributed by atoms with Gasteiger partial charge in [0, 0.05) is 12.7 Å². The van der Waals surface area contributed by atoms with Gasteiger partial charge in [-0.1, -0.05) is 30.3 Å². The number of nitrogens with zero attached hydrogens (tertiary/aromatic N) is 3. The number of rotatable bonds is 4. The van der Waals surface area contributed by atoms with Gasteiger partial charge in [-0.3, -0.25) is 4.79 Å². The number of aliphatic hydroxyl groups excluding tert-OH is 1. The Morgan fingerprint density at radius 3 is 2.55 bits per heavy atom. The Kier molecular flexibility index (Phi) is 3.89. The Morgan fingerprint density at radius 2 is 1.82 bits per heavy atom. The number of aromatic nitrogens is 2. The zero-order valence-corrected chi connectivity index (χ0v) is 12.3. The first-order valence-corrected chi connectivity index (χ1v) is 7.07. The monoisotopic (exact) mass is 295 g/mol. The SMILES string of the molecule is CN(C(=O)Cn1c(CO)nc2ccccc21)c1ccccc1. The molecule has 2 aromatic carbocycles. The summed E-state index contributed by atoms with van der Waals surface area (Å²) in [4.78, 5) is 18.5. The number of likely N-dealkylation sites (N-methyl/N-ethyl adjacent to an activating group) is 1. The normalized spacial score (nSPS) is 10.8. The molecule has 0 aliphatic carbocycles. The molecular weight excluding hydrogens is 278 g/mol. The highest BCUT2D eigenvalue weighted by molar-refractivity contribution is 5.93. The van der Waals surface area contributed by atoms with Crippen molar-refractivity contribution in [2.75, 3.05) is 11.9 Å². The second-order valence-electron chi connectivity index (χ2n) is 5.05. The maximum absolute atomic E-state index is 12.5. The summed E-state index contributed by atoms with van der Waals surface area (Å²) in [6.07, 6.45) is 0. The van der Waals surface area contributed by atoms with Gasteiger partial charge in [0.05, 0.1) is 11.0 Å². The average Bonchev–Trinajstić information content (AvgIpc) is 2.93. The van der Waals surface area contributed by atoms with Gasteiger partial charge < -0.3 is 14.6 Å². The van der Waals surface area contributed by atoms with Gasteiger partial charge in [0.25, 0.3) is 0 Å². The van der Waals surface area contributed by atoms with E-state index in [-0.39, 0.29) is 19.1 Å². The van der Waals surface area contributed by atoms with Crippen molar-refractivity contribution in [3.8, 4) is 0 Å². The Labute approximate surface area is 128 Å². The molecule has 5 heteroatoms. The van der Waals surface area contributed by atoms with Crippen molar-refractivity contribution in [2.45, 2.75) is 13.2 Å². The lowest BCUT2D eigenvalue weighted by Gasteiger charge is -2.18. The topological polar surface area (TPSA) is 58.4 Å². The number of para-hydroxylation sites is 3. The number of amides is 1. The number of carbonyl (C=O) groups excluding carboxylic acids is 1. The van der Waals surface area contributed by atoms with Gasteiger partial charge in [-0.05, 0) is 24.3 Å². The largest absolute Gasteiger partial charge is 0.388 e. The van der Waals surface area contributed by atoms with Gasteiger partial charge in [-0.2, -0.15) is 0 Å². The van der Waals surface area contributed by atoms with Crippen molar-refractivity contribution in [1.29, 1.82) is 0 Å². The fraction of sp³-hybridized carbons (Fsp3) is 0.176. The third-order valence-electron chi connectivity index (χ3n) is 3.69. The van der Waals surface area contributed by atoms with Crippen molar-refractivity contribution in [3.63, 3.8) is 0 Å². The minimum Gasteiger partial charge on any atom is -0.388 e. The molecule has 1 amide bonds. The van der Waals surface area contributed by atoms with Crippen LogP contribution in [-0.4, -0.2) is 27.6 Å². The van der Waals surface area contributed by atoms with E-state index in [4.69, 9.17) is 0 Å². The molecule has 1 heterocycles. The van der Waals surface area contributed by atoms with Crippen molar-refractivity contribution in [1.82, 2.24) is 9.55 Å². The van der Waals surface area contributed by atoms with Crippen LogP contribution < -0.4 is 4.90 Å². The first-order valence-electron chi connectivity index (χ1n) is 7.07. The number of carbonyl (C=O) groups is 1. The Bertz CT molecular complexity index is 796. The molecule has 0 atom stereocenters. The lowest BCUT2D eigenvalue weighted by atomic mass is 10.3. The molecule has 3 aromatic rings. The fourth-order valence-corrected chi connectivity index (χ4v) is 2.46. The van der Waals surface area contributed by atoms with Gasteiger partial charge in [-0.25, -0.2) is 4.98 Å². The van der Waals surface area contributed by atoms with Gasteiger partial charge in [0.1, 0.15) is 19.0 Å². The molecule has 5 nitrogen and oxygen atoms in total. The second kappa shape index (κ2) is 5.99. The van der Waals surface area contributed by atoms with Crippen LogP contribution in [0.1, 0.15) is 5.82 Å². The fourth-order valence-electron chi connectivity index (χ4n) is 2.46. The maximum Gasteiger partial charge on any atom is 0.246 e. The van der Waals surface area contributed by atoms with E-state index in [2.05, 4.69) is 4.98 Å². The van der Waals surface area contributed by atoms with E-state index in [9.17, 15) is 9.90 Å². The van der Waals surface area contributed by atoms with E-state index in [1.165, 1.54) is 0 Å². The molecule has 3 rings (SSSR count). The molecule has 0 spiro atoms. The van der Waals surface area contributed by atoms with Crippen LogP contribution in [0.3, 0.4) is 0 Å². The molecule has 0 aliphatic rings. The van der Waals surface area contributed by atoms with Crippen molar-refractivity contribution in [3.05, 3.63) is 60.4 Å². The second-order valence-corrected chi connectivity index (χ2v) is 5.05. The number of benzene rings is 2. The summed E-state index contributed by atoms with van der Waals surface area (Å²) < 4.78 is 1.76. The van der Waals surface area contributed by atoms with Crippen LogP contribution in [0.15, 0.2) is 54.6 Å². The summed E-state index contributed by atoms with van der Waals surface area (Å²) in [6, 6.07) is 17.0. The number of anilines is 1. The molecule has 1 aromatic heterocycles. The standard InChI is InChI=1S/C17H17N3O2/c1-19(13-7-3-2-4-8-13)17(22)11-20-15-10-6-5-9-14(15)18-16(20)12-21/h2-10,21H,11-12H2,1H3. The molecular formula is C17H17N3O2. The van der Waals surface area contributed by atoms with Gasteiger partial charge in [0.15, 0.2) is 0 Å². The molecule has 0 unspecified atom stereocenters. The molecule has 0 radical (unpaired) electrons. The van der Waals surface area contributed by atoms with Crippen LogP contribution in [0.5, 0.6) is 0 Å². The Hall–Kier alpha value is -2.66. The van der Waals surface area contributed by atoms with E-state index < -0.39 is 0 Å². The molecule has 0 saturated carbocycles. The van der Waals surface area contributed by atoms with Crippen molar-refractivity contribution < 1.29 is 9.90 Å². The minimum atomic E-state index is -0.197. The number of fused-ring (bicyclic) bond motifs is 1. The summed E-state index contributed by atoms with van der Waals surface area (Å²) in [7, 11) is 1.75. The molecule has 1 N–H and O–H groups in total. The van der Waals surface area contributed by atoms with Crippen LogP contribution in [0.25, 0.3) is 11.0 Å². The molecule has 0 fully saturated rings. The highest BCUT2D eigenvalue weighted by atomic mass is 16.3. The van der Waals surface area contributed by atoms with Crippen LogP contribution in [-0.2, 0) is 17.9 Å². The zero-order chi connectivity index (χ0) is 15.5. The van der Waals surface area contributed by atoms with Crippen LogP contribution in [0.2, 0.25) is 0 Å². The Balaban J connectivity index is 1.91. The molecule has 22 heavy (non-hydrogen) atoms. The van der Waals surface area contributed by atoms with E-state index in [0.29, 0.717) is 5.82 Å². The summed E-state index contributed by atoms with van der Waals surface area (Å²) in [5, 5.41) is 9.48. The predicted octanol–water partition coefficient (Wildman–Crippen LogP) is 2.19. The third-order valence-corrected chi connectivity index (χ3v) is 3.69. The van der Waals surface area contributed by atoms with Crippen LogP contribution in [0.4, 0.5) is 5.69 Å². The number of imidazole rings is 1. The lowest BCUT2D eigenvalue weighted by Crippen LogP contribution is -2.30. The van der Waals surface area contributed by atoms with E-state index in [1.807, 2.05) is 54.6 Å². The molecule has 0 aliphatic heterocycles. The summed E-state index contributed by atoms with van der Waals surface area (Å²) in [5.41, 5.74) is 2.46. The summed E-state index contributed by atoms with van der Waals surface area (Å²) in [6.45, 7) is -0.0567. The quantitative estimate of drug-likeness (QED) is 0.802. The third kappa shape index (κ3) is 2.58. The van der Waals surface area contributed by atoms with Gasteiger partial charge in [0.2, 0.25) is 5.91 Å². The highest BCUT2D eigenvalue weighted by Crippen LogP contribution is 2.18. The first-order chi connectivity index (χ1) is 10.7. The van der Waals surface area contributed by atoms with E-state index in [0.717, 1.165) is 16.7 Å². The van der Waals surface area contributed by atoms with Crippen LogP contribution in [0, 0.1) is 0 Å². The predicted molar refractivity (Wildman–Crippen MR) is 85.5 cm³/mol. The maximum atomic E-state index is 12.5. The van der Waals surface area contributed by atoms with E-state index in [1.54, 1.807) is 16.5 Å². The van der Waals surface area contributed by atoms with Crippen molar-refractivity contribution in [2.24, 2.45) is 0 Å². The molecule has 112 valence electrons. The average molecular weight is 295 g/mol. The molecule has 0 saturated heterocycles. The smallest absolute Gasteiger partial charge is 0.246 e. The first kappa shape index (κ1) is 14.3.